The molecule has 0 radical (unpaired) electrons. The molecular formula is C22H26N4O3. The first-order valence-corrected chi connectivity index (χ1v) is 10.4. The Morgan fingerprint density at radius 2 is 2.03 bits per heavy atom. The van der Waals surface area contributed by atoms with Gasteiger partial charge < -0.3 is 15.0 Å². The molecule has 0 bridgehead atoms. The molecule has 7 heteroatoms. The monoisotopic (exact) mass is 394 g/mol. The first kappa shape index (κ1) is 18.4. The topological polar surface area (TPSA) is 76.5 Å². The summed E-state index contributed by atoms with van der Waals surface area (Å²) in [5.41, 5.74) is 3.34. The van der Waals surface area contributed by atoms with Crippen molar-refractivity contribution in [3.8, 4) is 0 Å². The maximum Gasteiger partial charge on any atom is 0.272 e. The average Bonchev–Trinajstić information content (AvgIpc) is 3.09. The number of nitrogens with zero attached hydrogens (tertiary/aromatic N) is 3. The Hall–Kier alpha value is -2.67. The van der Waals surface area contributed by atoms with Gasteiger partial charge in [0.15, 0.2) is 0 Å². The Morgan fingerprint density at radius 3 is 2.86 bits per heavy atom. The van der Waals surface area contributed by atoms with Gasteiger partial charge in [-0.1, -0.05) is 30.3 Å². The van der Waals surface area contributed by atoms with Gasteiger partial charge in [-0.05, 0) is 37.7 Å². The first-order chi connectivity index (χ1) is 14.1. The molecule has 2 saturated heterocycles. The van der Waals surface area contributed by atoms with Crippen LogP contribution in [-0.2, 0) is 35.0 Å². The summed E-state index contributed by atoms with van der Waals surface area (Å²) in [5.74, 6) is -0.0871. The zero-order valence-corrected chi connectivity index (χ0v) is 16.7. The van der Waals surface area contributed by atoms with Gasteiger partial charge in [-0.25, -0.2) is 0 Å². The number of nitrogens with one attached hydrogen (secondary N) is 1. The van der Waals surface area contributed by atoms with Crippen LogP contribution in [0.3, 0.4) is 0 Å². The van der Waals surface area contributed by atoms with E-state index in [0.717, 1.165) is 42.5 Å². The van der Waals surface area contributed by atoms with Crippen LogP contribution in [0.2, 0.25) is 0 Å². The van der Waals surface area contributed by atoms with Crippen molar-refractivity contribution >= 4 is 11.8 Å². The summed E-state index contributed by atoms with van der Waals surface area (Å²) in [7, 11) is 1.86. The van der Waals surface area contributed by atoms with Gasteiger partial charge in [-0.3, -0.25) is 14.3 Å². The van der Waals surface area contributed by atoms with Gasteiger partial charge in [0.1, 0.15) is 18.4 Å². The van der Waals surface area contributed by atoms with Gasteiger partial charge in [0.25, 0.3) is 5.91 Å². The number of amides is 2. The van der Waals surface area contributed by atoms with Gasteiger partial charge in [-0.15, -0.1) is 0 Å². The van der Waals surface area contributed by atoms with Gasteiger partial charge in [0.05, 0.1) is 11.2 Å². The number of aryl methyl sites for hydroxylation is 2. The first-order valence-electron chi connectivity index (χ1n) is 10.4. The quantitative estimate of drug-likeness (QED) is 0.839. The smallest absolute Gasteiger partial charge is 0.272 e. The molecule has 29 heavy (non-hydrogen) atoms. The van der Waals surface area contributed by atoms with Crippen LogP contribution in [-0.4, -0.2) is 52.3 Å². The molecule has 7 nitrogen and oxygen atoms in total. The zero-order valence-electron chi connectivity index (χ0n) is 16.7. The zero-order chi connectivity index (χ0) is 20.0. The molecule has 3 heterocycles. The number of aromatic nitrogens is 2. The molecular weight excluding hydrogens is 368 g/mol. The van der Waals surface area contributed by atoms with Crippen molar-refractivity contribution in [3.05, 3.63) is 52.8 Å². The second-order valence-corrected chi connectivity index (χ2v) is 8.29. The van der Waals surface area contributed by atoms with E-state index in [1.807, 2.05) is 42.3 Å². The molecule has 2 atom stereocenters. The molecule has 5 rings (SSSR count). The number of piperidine rings is 1. The van der Waals surface area contributed by atoms with Crippen LogP contribution in [0.4, 0.5) is 0 Å². The number of hydrogen-bond donors (Lipinski definition) is 1. The van der Waals surface area contributed by atoms with E-state index in [1.165, 1.54) is 0 Å². The van der Waals surface area contributed by atoms with Crippen LogP contribution < -0.4 is 5.32 Å². The summed E-state index contributed by atoms with van der Waals surface area (Å²) in [5, 5.41) is 7.78. The third-order valence-electron chi connectivity index (χ3n) is 6.59. The van der Waals surface area contributed by atoms with E-state index >= 15 is 0 Å². The fraction of sp³-hybridized carbons (Fsp3) is 0.500. The fourth-order valence-corrected chi connectivity index (χ4v) is 5.14. The molecule has 0 saturated carbocycles. The van der Waals surface area contributed by atoms with Crippen LogP contribution in [0.25, 0.3) is 0 Å². The SMILES string of the molecule is Cn1nc2c(c1C(=O)N1CC[C@@]3(c4ccccc4)NC(=O)CO[C@@H]3C1)CCCC2. The summed E-state index contributed by atoms with van der Waals surface area (Å²) in [6.45, 7) is 1.05. The summed E-state index contributed by atoms with van der Waals surface area (Å²) in [4.78, 5) is 27.5. The second kappa shape index (κ2) is 6.99. The molecule has 0 spiro atoms. The van der Waals surface area contributed by atoms with Gasteiger partial charge in [0, 0.05) is 25.7 Å². The number of fused-ring (bicyclic) bond motifs is 2. The Balaban J connectivity index is 1.44. The highest BCUT2D eigenvalue weighted by molar-refractivity contribution is 5.94. The predicted octanol–water partition coefficient (Wildman–Crippen LogP) is 1.56. The fourth-order valence-electron chi connectivity index (χ4n) is 5.14. The summed E-state index contributed by atoms with van der Waals surface area (Å²) in [6, 6.07) is 9.96. The van der Waals surface area contributed by atoms with E-state index in [2.05, 4.69) is 10.4 Å². The highest BCUT2D eigenvalue weighted by Crippen LogP contribution is 2.37. The highest BCUT2D eigenvalue weighted by Gasteiger charge is 2.50. The number of likely N-dealkylation sites (tertiary alicyclic amines) is 1. The number of carbonyl (C=O) groups excluding carboxylic acids is 2. The van der Waals surface area contributed by atoms with Crippen molar-refractivity contribution in [2.45, 2.75) is 43.7 Å². The molecule has 1 N–H and O–H groups in total. The number of ether oxygens (including phenoxy) is 1. The Morgan fingerprint density at radius 1 is 1.24 bits per heavy atom. The van der Waals surface area contributed by atoms with E-state index in [9.17, 15) is 9.59 Å². The van der Waals surface area contributed by atoms with Crippen molar-refractivity contribution in [2.75, 3.05) is 19.7 Å². The third-order valence-corrected chi connectivity index (χ3v) is 6.59. The predicted molar refractivity (Wildman–Crippen MR) is 106 cm³/mol. The van der Waals surface area contributed by atoms with E-state index in [0.29, 0.717) is 25.2 Å². The second-order valence-electron chi connectivity index (χ2n) is 8.29. The lowest BCUT2D eigenvalue weighted by Crippen LogP contribution is -2.67. The number of benzene rings is 1. The standard InChI is InChI=1S/C22H26N4O3/c1-25-20(16-9-5-6-10-17(16)24-25)21(28)26-12-11-22(15-7-3-2-4-8-15)18(13-26)29-14-19(27)23-22/h2-4,7-8,18H,5-6,9-14H2,1H3,(H,23,27)/t18-,22+/m1/s1. The Kier molecular flexibility index (Phi) is 4.42. The van der Waals surface area contributed by atoms with Crippen LogP contribution in [0.1, 0.15) is 46.6 Å². The van der Waals surface area contributed by atoms with E-state index in [-0.39, 0.29) is 24.5 Å². The van der Waals surface area contributed by atoms with Crippen LogP contribution >= 0.6 is 0 Å². The lowest BCUT2D eigenvalue weighted by molar-refractivity contribution is -0.150. The molecule has 0 unspecified atom stereocenters. The summed E-state index contributed by atoms with van der Waals surface area (Å²) < 4.78 is 7.72. The van der Waals surface area contributed by atoms with Crippen molar-refractivity contribution in [1.29, 1.82) is 0 Å². The highest BCUT2D eigenvalue weighted by atomic mass is 16.5. The maximum atomic E-state index is 13.5. The van der Waals surface area contributed by atoms with Crippen molar-refractivity contribution in [2.24, 2.45) is 7.05 Å². The van der Waals surface area contributed by atoms with Crippen molar-refractivity contribution in [3.63, 3.8) is 0 Å². The molecule has 2 amide bonds. The van der Waals surface area contributed by atoms with E-state index in [4.69, 9.17) is 4.74 Å². The lowest BCUT2D eigenvalue weighted by atomic mass is 9.77. The molecule has 2 aliphatic heterocycles. The van der Waals surface area contributed by atoms with E-state index in [1.54, 1.807) is 4.68 Å². The number of morpholine rings is 1. The minimum atomic E-state index is -0.584. The van der Waals surface area contributed by atoms with E-state index < -0.39 is 5.54 Å². The van der Waals surface area contributed by atoms with Crippen LogP contribution in [0.15, 0.2) is 30.3 Å². The Bertz CT molecular complexity index is 954. The minimum absolute atomic E-state index is 0.0188. The largest absolute Gasteiger partial charge is 0.364 e. The van der Waals surface area contributed by atoms with Crippen LogP contribution in [0.5, 0.6) is 0 Å². The molecule has 152 valence electrons. The summed E-state index contributed by atoms with van der Waals surface area (Å²) >= 11 is 0. The normalized spacial score (nSPS) is 26.4. The van der Waals surface area contributed by atoms with Crippen LogP contribution in [0, 0.1) is 0 Å². The molecule has 1 aliphatic carbocycles. The maximum absolute atomic E-state index is 13.5. The number of carbonyl (C=O) groups is 2. The van der Waals surface area contributed by atoms with Crippen molar-refractivity contribution < 1.29 is 14.3 Å². The molecule has 1 aromatic heterocycles. The Labute approximate surface area is 170 Å². The minimum Gasteiger partial charge on any atom is -0.364 e. The summed E-state index contributed by atoms with van der Waals surface area (Å²) in [6.07, 6.45) is 4.46. The number of rotatable bonds is 2. The number of hydrogen-bond acceptors (Lipinski definition) is 4. The molecule has 3 aliphatic rings. The molecule has 2 aromatic rings. The van der Waals surface area contributed by atoms with Gasteiger partial charge in [-0.2, -0.15) is 5.10 Å². The van der Waals surface area contributed by atoms with Gasteiger partial charge in [0.2, 0.25) is 5.91 Å². The molecule has 2 fully saturated rings. The van der Waals surface area contributed by atoms with Crippen molar-refractivity contribution in [1.82, 2.24) is 20.0 Å². The third kappa shape index (κ3) is 2.95. The lowest BCUT2D eigenvalue weighted by Gasteiger charge is -2.50. The van der Waals surface area contributed by atoms with Gasteiger partial charge >= 0.3 is 0 Å². The average molecular weight is 394 g/mol. The molecule has 1 aromatic carbocycles.